The number of hydrogen-bond acceptors (Lipinski definition) is 8. The van der Waals surface area contributed by atoms with Crippen LogP contribution in [0.15, 0.2) is 146 Å². The molecule has 4 aromatic carbocycles. The van der Waals surface area contributed by atoms with E-state index in [-0.39, 0.29) is 13.2 Å². The van der Waals surface area contributed by atoms with Crippen LogP contribution in [-0.4, -0.2) is 63.9 Å². The molecule has 4 aromatic rings. The van der Waals surface area contributed by atoms with Crippen molar-refractivity contribution in [1.82, 2.24) is 0 Å². The molecule has 5 rings (SSSR count). The van der Waals surface area contributed by atoms with Crippen molar-refractivity contribution in [2.45, 2.75) is 63.4 Å². The fraction of sp³-hybridized carbons (Fsp3) is 0.333. The Bertz CT molecular complexity index is 1520. The summed E-state index contributed by atoms with van der Waals surface area (Å²) < 4.78 is 50.4. The van der Waals surface area contributed by atoms with Gasteiger partial charge in [0.2, 0.25) is 0 Å². The number of ether oxygens (including phenoxy) is 8. The van der Waals surface area contributed by atoms with Gasteiger partial charge in [0.15, 0.2) is 12.6 Å². The zero-order chi connectivity index (χ0) is 34.8. The van der Waals surface area contributed by atoms with Gasteiger partial charge in [-0.2, -0.15) is 0 Å². The highest BCUT2D eigenvalue weighted by atomic mass is 16.7. The van der Waals surface area contributed by atoms with Gasteiger partial charge in [-0.3, -0.25) is 0 Å². The van der Waals surface area contributed by atoms with Gasteiger partial charge in [0.05, 0.1) is 46.2 Å². The summed E-state index contributed by atoms with van der Waals surface area (Å²) in [6.07, 6.45) is -2.55. The maximum atomic E-state index is 6.68. The minimum Gasteiger partial charge on any atom is -0.374 e. The van der Waals surface area contributed by atoms with Crippen molar-refractivity contribution in [2.24, 2.45) is 0 Å². The normalized spacial score (nSPS) is 21.0. The van der Waals surface area contributed by atoms with Gasteiger partial charge in [-0.05, 0) is 33.9 Å². The zero-order valence-corrected chi connectivity index (χ0v) is 28.7. The third kappa shape index (κ3) is 11.8. The molecule has 1 aliphatic heterocycles. The van der Waals surface area contributed by atoms with Crippen molar-refractivity contribution in [3.8, 4) is 0 Å². The molecule has 0 unspecified atom stereocenters. The molecule has 1 heterocycles. The SMILES string of the molecule is C=C[C@H](OCC(=C)COCc1ccccc1)O[C@H]1[C@H](OC)O[C@H](COCc2ccccc2)[C@@H](OCc2ccccc2)[C@@H]1OCc1ccccc1. The molecule has 8 heteroatoms. The average Bonchev–Trinajstić information content (AvgIpc) is 3.17. The summed E-state index contributed by atoms with van der Waals surface area (Å²) in [5, 5.41) is 0. The van der Waals surface area contributed by atoms with Crippen molar-refractivity contribution in [3.63, 3.8) is 0 Å². The van der Waals surface area contributed by atoms with E-state index in [1.807, 2.05) is 121 Å². The molecule has 6 atom stereocenters. The van der Waals surface area contributed by atoms with E-state index in [1.165, 1.54) is 0 Å². The van der Waals surface area contributed by atoms with Crippen LogP contribution in [0.4, 0.5) is 0 Å². The summed E-state index contributed by atoms with van der Waals surface area (Å²) in [5.74, 6) is 0. The standard InChI is InChI=1S/C42H48O8/c1-4-38(46-26-32(2)25-44-27-33-17-9-5-10-18-33)50-41-40(48-30-36-23-15-8-16-24-36)39(47-29-35-21-13-7-14-22-35)37(49-42(41)43-3)31-45-28-34-19-11-6-12-20-34/h4-24,37-42H,1-2,25-31H2,3H3/t37-,38-,39-,40+,41-,42-/m1/s1. The topological polar surface area (TPSA) is 73.8 Å². The molecule has 0 N–H and O–H groups in total. The second-order valence-corrected chi connectivity index (χ2v) is 12.0. The summed E-state index contributed by atoms with van der Waals surface area (Å²) in [6, 6.07) is 40.0. The highest BCUT2D eigenvalue weighted by Crippen LogP contribution is 2.31. The molecule has 0 aromatic heterocycles. The minimum atomic E-state index is -0.824. The van der Waals surface area contributed by atoms with Gasteiger partial charge in [0, 0.05) is 7.11 Å². The Balaban J connectivity index is 1.30. The van der Waals surface area contributed by atoms with Crippen molar-refractivity contribution < 1.29 is 37.9 Å². The van der Waals surface area contributed by atoms with E-state index < -0.39 is 37.0 Å². The van der Waals surface area contributed by atoms with Crippen molar-refractivity contribution in [2.75, 3.05) is 26.9 Å². The summed E-state index contributed by atoms with van der Waals surface area (Å²) >= 11 is 0. The van der Waals surface area contributed by atoms with E-state index in [9.17, 15) is 0 Å². The third-order valence-corrected chi connectivity index (χ3v) is 8.14. The Morgan fingerprint density at radius 2 is 1.12 bits per heavy atom. The third-order valence-electron chi connectivity index (χ3n) is 8.14. The zero-order valence-electron chi connectivity index (χ0n) is 28.7. The highest BCUT2D eigenvalue weighted by Gasteiger charge is 2.49. The Morgan fingerprint density at radius 3 is 1.62 bits per heavy atom. The Morgan fingerprint density at radius 1 is 0.640 bits per heavy atom. The Labute approximate surface area is 296 Å². The summed E-state index contributed by atoms with van der Waals surface area (Å²) in [7, 11) is 1.58. The van der Waals surface area contributed by atoms with E-state index >= 15 is 0 Å². The molecule has 1 aliphatic rings. The van der Waals surface area contributed by atoms with Crippen molar-refractivity contribution in [1.29, 1.82) is 0 Å². The van der Waals surface area contributed by atoms with Crippen LogP contribution in [0.2, 0.25) is 0 Å². The first-order valence-electron chi connectivity index (χ1n) is 16.9. The van der Waals surface area contributed by atoms with E-state index in [0.717, 1.165) is 27.8 Å². The summed E-state index contributed by atoms with van der Waals surface area (Å²) in [4.78, 5) is 0. The molecule has 0 saturated carbocycles. The molecule has 0 spiro atoms. The number of rotatable bonds is 21. The summed E-state index contributed by atoms with van der Waals surface area (Å²) in [5.41, 5.74) is 4.94. The lowest BCUT2D eigenvalue weighted by molar-refractivity contribution is -0.337. The second kappa shape index (κ2) is 20.7. The Hall–Kier alpha value is -3.96. The first-order valence-corrected chi connectivity index (χ1v) is 16.9. The van der Waals surface area contributed by atoms with Crippen LogP contribution in [0.25, 0.3) is 0 Å². The van der Waals surface area contributed by atoms with Crippen LogP contribution in [0.5, 0.6) is 0 Å². The monoisotopic (exact) mass is 680 g/mol. The fourth-order valence-electron chi connectivity index (χ4n) is 5.59. The first-order chi connectivity index (χ1) is 24.6. The molecule has 8 nitrogen and oxygen atoms in total. The lowest BCUT2D eigenvalue weighted by atomic mass is 9.98. The molecule has 264 valence electrons. The molecular weight excluding hydrogens is 632 g/mol. The van der Waals surface area contributed by atoms with Gasteiger partial charge in [0.25, 0.3) is 0 Å². The molecule has 0 amide bonds. The van der Waals surface area contributed by atoms with Crippen molar-refractivity contribution in [3.05, 3.63) is 168 Å². The van der Waals surface area contributed by atoms with Crippen LogP contribution >= 0.6 is 0 Å². The van der Waals surface area contributed by atoms with Gasteiger partial charge < -0.3 is 37.9 Å². The molecular formula is C42H48O8. The van der Waals surface area contributed by atoms with E-state index in [0.29, 0.717) is 33.0 Å². The first kappa shape index (κ1) is 37.3. The minimum absolute atomic E-state index is 0.204. The van der Waals surface area contributed by atoms with Gasteiger partial charge in [0.1, 0.15) is 24.4 Å². The molecule has 50 heavy (non-hydrogen) atoms. The Kier molecular flexibility index (Phi) is 15.4. The van der Waals surface area contributed by atoms with E-state index in [2.05, 4.69) is 13.2 Å². The average molecular weight is 681 g/mol. The van der Waals surface area contributed by atoms with Gasteiger partial charge >= 0.3 is 0 Å². The van der Waals surface area contributed by atoms with Crippen LogP contribution in [0.3, 0.4) is 0 Å². The quantitative estimate of drug-likeness (QED) is 0.0665. The molecule has 1 saturated heterocycles. The predicted octanol–water partition coefficient (Wildman–Crippen LogP) is 7.43. The molecule has 0 bridgehead atoms. The molecule has 1 fully saturated rings. The van der Waals surface area contributed by atoms with Crippen LogP contribution < -0.4 is 0 Å². The number of methoxy groups -OCH3 is 1. The van der Waals surface area contributed by atoms with Crippen LogP contribution in [0.1, 0.15) is 22.3 Å². The van der Waals surface area contributed by atoms with Crippen LogP contribution in [0, 0.1) is 0 Å². The van der Waals surface area contributed by atoms with Gasteiger partial charge in [-0.25, -0.2) is 0 Å². The lowest BCUT2D eigenvalue weighted by Crippen LogP contribution is -2.62. The largest absolute Gasteiger partial charge is 0.374 e. The van der Waals surface area contributed by atoms with Gasteiger partial charge in [-0.15, -0.1) is 0 Å². The van der Waals surface area contributed by atoms with Gasteiger partial charge in [-0.1, -0.05) is 134 Å². The number of benzene rings is 4. The smallest absolute Gasteiger partial charge is 0.186 e. The maximum absolute atomic E-state index is 6.68. The predicted molar refractivity (Wildman–Crippen MR) is 192 cm³/mol. The fourth-order valence-corrected chi connectivity index (χ4v) is 5.59. The van der Waals surface area contributed by atoms with E-state index in [4.69, 9.17) is 37.9 Å². The molecule has 0 radical (unpaired) electrons. The van der Waals surface area contributed by atoms with Crippen molar-refractivity contribution >= 4 is 0 Å². The van der Waals surface area contributed by atoms with E-state index in [1.54, 1.807) is 13.2 Å². The lowest BCUT2D eigenvalue weighted by Gasteiger charge is -2.46. The second-order valence-electron chi connectivity index (χ2n) is 12.0. The summed E-state index contributed by atoms with van der Waals surface area (Å²) in [6.45, 7) is 10.4. The molecule has 0 aliphatic carbocycles. The maximum Gasteiger partial charge on any atom is 0.186 e. The highest BCUT2D eigenvalue weighted by molar-refractivity contribution is 5.16. The van der Waals surface area contributed by atoms with Crippen LogP contribution in [-0.2, 0) is 64.3 Å². The number of hydrogen-bond donors (Lipinski definition) is 0.